The van der Waals surface area contributed by atoms with Gasteiger partial charge in [-0.1, -0.05) is 20.8 Å². The molecule has 1 N–H and O–H groups in total. The molecule has 0 aromatic carbocycles. The molecule has 0 aromatic heterocycles. The number of piperazine rings is 1. The predicted molar refractivity (Wildman–Crippen MR) is 83.0 cm³/mol. The van der Waals surface area contributed by atoms with Crippen molar-refractivity contribution in [2.75, 3.05) is 19.8 Å². The van der Waals surface area contributed by atoms with Crippen LogP contribution in [-0.2, 0) is 14.3 Å². The summed E-state index contributed by atoms with van der Waals surface area (Å²) in [6.07, 6.45) is 2.63. The number of nitrogens with zero attached hydrogens (tertiary/aromatic N) is 1. The molecule has 1 saturated heterocycles. The van der Waals surface area contributed by atoms with E-state index in [1.54, 1.807) is 4.90 Å². The number of amides is 2. The lowest BCUT2D eigenvalue weighted by atomic mass is 9.81. The minimum atomic E-state index is -0.781. The van der Waals surface area contributed by atoms with Crippen molar-refractivity contribution >= 4 is 11.8 Å². The summed E-state index contributed by atoms with van der Waals surface area (Å²) in [5.74, 6) is 0.0117. The van der Waals surface area contributed by atoms with Gasteiger partial charge < -0.3 is 15.0 Å². The van der Waals surface area contributed by atoms with Crippen molar-refractivity contribution in [3.05, 3.63) is 0 Å². The third-order valence-corrected chi connectivity index (χ3v) is 4.80. The molecule has 122 valence electrons. The molecular weight excluding hydrogens is 268 g/mol. The van der Waals surface area contributed by atoms with Crippen LogP contribution in [0.5, 0.6) is 0 Å². The third kappa shape index (κ3) is 3.23. The number of nitrogens with one attached hydrogen (secondary N) is 1. The summed E-state index contributed by atoms with van der Waals surface area (Å²) in [6, 6.07) is 0. The largest absolute Gasteiger partial charge is 0.382 e. The van der Waals surface area contributed by atoms with Crippen LogP contribution in [0.15, 0.2) is 0 Å². The van der Waals surface area contributed by atoms with Gasteiger partial charge in [0.05, 0.1) is 0 Å². The Morgan fingerprint density at radius 2 is 1.71 bits per heavy atom. The lowest BCUT2D eigenvalue weighted by molar-refractivity contribution is -0.163. The van der Waals surface area contributed by atoms with E-state index in [-0.39, 0.29) is 11.8 Å². The van der Waals surface area contributed by atoms with Crippen LogP contribution in [0.1, 0.15) is 60.3 Å². The monoisotopic (exact) mass is 298 g/mol. The average molecular weight is 298 g/mol. The summed E-state index contributed by atoms with van der Waals surface area (Å²) in [4.78, 5) is 27.4. The van der Waals surface area contributed by atoms with E-state index < -0.39 is 11.1 Å². The Bertz CT molecular complexity index is 380. The van der Waals surface area contributed by atoms with Gasteiger partial charge in [0.1, 0.15) is 11.1 Å². The molecule has 0 saturated carbocycles. The number of carbonyl (C=O) groups is 2. The zero-order chi connectivity index (χ0) is 16.1. The number of hydrogen-bond acceptors (Lipinski definition) is 3. The molecule has 0 spiro atoms. The second kappa shape index (κ2) is 7.25. The van der Waals surface area contributed by atoms with E-state index in [1.165, 1.54) is 0 Å². The standard InChI is InChI=1S/C16H30N2O3/c1-6-15(5)14(20)18(11-10-12-21-9-4)16(7-2,8-3)13(19)17-15/h6-12H2,1-5H3,(H,17,19). The van der Waals surface area contributed by atoms with Crippen molar-refractivity contribution in [3.8, 4) is 0 Å². The fourth-order valence-corrected chi connectivity index (χ4v) is 3.01. The van der Waals surface area contributed by atoms with E-state index in [2.05, 4.69) is 5.32 Å². The van der Waals surface area contributed by atoms with Crippen molar-refractivity contribution in [2.45, 2.75) is 71.4 Å². The molecule has 1 aliphatic rings. The second-order valence-electron chi connectivity index (χ2n) is 5.89. The maximum atomic E-state index is 12.9. The summed E-state index contributed by atoms with van der Waals surface area (Å²) in [6.45, 7) is 11.5. The fraction of sp³-hybridized carbons (Fsp3) is 0.875. The van der Waals surface area contributed by atoms with Gasteiger partial charge in [0.2, 0.25) is 11.8 Å². The Hall–Kier alpha value is -1.10. The van der Waals surface area contributed by atoms with Crippen LogP contribution in [0.25, 0.3) is 0 Å². The summed E-state index contributed by atoms with van der Waals surface area (Å²) in [7, 11) is 0. The smallest absolute Gasteiger partial charge is 0.248 e. The lowest BCUT2D eigenvalue weighted by Gasteiger charge is -2.51. The number of ether oxygens (including phenoxy) is 1. The van der Waals surface area contributed by atoms with Crippen molar-refractivity contribution in [1.29, 1.82) is 0 Å². The zero-order valence-corrected chi connectivity index (χ0v) is 14.1. The number of rotatable bonds is 8. The van der Waals surface area contributed by atoms with Gasteiger partial charge in [-0.25, -0.2) is 0 Å². The second-order valence-corrected chi connectivity index (χ2v) is 5.89. The van der Waals surface area contributed by atoms with Crippen molar-refractivity contribution in [1.82, 2.24) is 10.2 Å². The van der Waals surface area contributed by atoms with E-state index in [4.69, 9.17) is 4.74 Å². The molecule has 0 bridgehead atoms. The highest BCUT2D eigenvalue weighted by Gasteiger charge is 2.54. The molecular formula is C16H30N2O3. The first kappa shape index (κ1) is 18.0. The van der Waals surface area contributed by atoms with Crippen molar-refractivity contribution in [3.63, 3.8) is 0 Å². The van der Waals surface area contributed by atoms with Crippen LogP contribution in [0, 0.1) is 0 Å². The van der Waals surface area contributed by atoms with Crippen molar-refractivity contribution in [2.24, 2.45) is 0 Å². The molecule has 0 radical (unpaired) electrons. The van der Waals surface area contributed by atoms with Crippen LogP contribution in [0.4, 0.5) is 0 Å². The van der Waals surface area contributed by atoms with Crippen LogP contribution in [0.2, 0.25) is 0 Å². The number of carbonyl (C=O) groups excluding carboxylic acids is 2. The highest BCUT2D eigenvalue weighted by Crippen LogP contribution is 2.33. The van der Waals surface area contributed by atoms with Gasteiger partial charge in [-0.2, -0.15) is 0 Å². The van der Waals surface area contributed by atoms with Crippen LogP contribution in [0.3, 0.4) is 0 Å². The Kier molecular flexibility index (Phi) is 6.20. The molecule has 21 heavy (non-hydrogen) atoms. The maximum absolute atomic E-state index is 12.9. The molecule has 1 heterocycles. The summed E-state index contributed by atoms with van der Waals surface area (Å²) in [5, 5.41) is 2.96. The van der Waals surface area contributed by atoms with Gasteiger partial charge in [0.25, 0.3) is 0 Å². The molecule has 1 unspecified atom stereocenters. The topological polar surface area (TPSA) is 58.6 Å². The highest BCUT2D eigenvalue weighted by molar-refractivity contribution is 6.02. The molecule has 1 aliphatic heterocycles. The maximum Gasteiger partial charge on any atom is 0.248 e. The molecule has 2 amide bonds. The Morgan fingerprint density at radius 1 is 1.10 bits per heavy atom. The summed E-state index contributed by atoms with van der Waals surface area (Å²) in [5.41, 5.74) is -1.49. The van der Waals surface area contributed by atoms with Crippen LogP contribution >= 0.6 is 0 Å². The Labute approximate surface area is 128 Å². The van der Waals surface area contributed by atoms with E-state index in [0.29, 0.717) is 39.0 Å². The van der Waals surface area contributed by atoms with Crippen LogP contribution < -0.4 is 5.32 Å². The minimum absolute atomic E-state index is 0.0205. The first-order valence-electron chi connectivity index (χ1n) is 8.14. The molecule has 1 atom stereocenters. The Balaban J connectivity index is 3.01. The van der Waals surface area contributed by atoms with E-state index in [1.807, 2.05) is 34.6 Å². The SMILES string of the molecule is CCOCCCN1C(=O)C(C)(CC)NC(=O)C1(CC)CC. The zero-order valence-electron chi connectivity index (χ0n) is 14.1. The van der Waals surface area contributed by atoms with Crippen LogP contribution in [-0.4, -0.2) is 47.6 Å². The van der Waals surface area contributed by atoms with Gasteiger partial charge in [-0.05, 0) is 39.5 Å². The number of hydrogen-bond donors (Lipinski definition) is 1. The molecule has 5 nitrogen and oxygen atoms in total. The predicted octanol–water partition coefficient (Wildman–Crippen LogP) is 2.10. The fourth-order valence-electron chi connectivity index (χ4n) is 3.01. The lowest BCUT2D eigenvalue weighted by Crippen LogP contribution is -2.74. The summed E-state index contributed by atoms with van der Waals surface area (Å²) >= 11 is 0. The van der Waals surface area contributed by atoms with Gasteiger partial charge in [-0.3, -0.25) is 9.59 Å². The average Bonchev–Trinajstić information content (AvgIpc) is 2.49. The Morgan fingerprint density at radius 3 is 2.19 bits per heavy atom. The first-order valence-corrected chi connectivity index (χ1v) is 8.14. The van der Waals surface area contributed by atoms with Gasteiger partial charge in [-0.15, -0.1) is 0 Å². The normalized spacial score (nSPS) is 25.1. The molecule has 0 aliphatic carbocycles. The van der Waals surface area contributed by atoms with E-state index in [9.17, 15) is 9.59 Å². The first-order chi connectivity index (χ1) is 9.91. The highest BCUT2D eigenvalue weighted by atomic mass is 16.5. The van der Waals surface area contributed by atoms with E-state index >= 15 is 0 Å². The summed E-state index contributed by atoms with van der Waals surface area (Å²) < 4.78 is 5.36. The minimum Gasteiger partial charge on any atom is -0.382 e. The quantitative estimate of drug-likeness (QED) is 0.698. The molecule has 1 rings (SSSR count). The van der Waals surface area contributed by atoms with E-state index in [0.717, 1.165) is 6.42 Å². The molecule has 5 heteroatoms. The van der Waals surface area contributed by atoms with Crippen molar-refractivity contribution < 1.29 is 14.3 Å². The molecule has 0 aromatic rings. The van der Waals surface area contributed by atoms with Gasteiger partial charge >= 0.3 is 0 Å². The molecule has 1 fully saturated rings. The van der Waals surface area contributed by atoms with Gasteiger partial charge in [0.15, 0.2) is 0 Å². The van der Waals surface area contributed by atoms with Gasteiger partial charge in [0, 0.05) is 19.8 Å². The third-order valence-electron chi connectivity index (χ3n) is 4.80.